The largest absolute Gasteiger partial charge is 0.493 e. The van der Waals surface area contributed by atoms with Crippen LogP contribution in [0.1, 0.15) is 22.7 Å². The lowest BCUT2D eigenvalue weighted by atomic mass is 10.0. The second-order valence-corrected chi connectivity index (χ2v) is 6.00. The monoisotopic (exact) mass is 361 g/mol. The second kappa shape index (κ2) is 8.73. The van der Waals surface area contributed by atoms with Crippen molar-refractivity contribution in [3.05, 3.63) is 82.0 Å². The predicted molar refractivity (Wildman–Crippen MR) is 101 cm³/mol. The number of halogens is 1. The standard InChI is InChI=1S/C19H19NO2S.ClH/c1-21-18-11-15(19(20)16-9-10-23-13-16)7-8-17(18)22-12-14-5-3-2-4-6-14;/h2-11,13,19H,12,20H2,1H3;1H/t19-;/m1./s1. The highest BCUT2D eigenvalue weighted by atomic mass is 35.5. The van der Waals surface area contributed by atoms with Crippen LogP contribution in [0.25, 0.3) is 0 Å². The minimum absolute atomic E-state index is 0. The second-order valence-electron chi connectivity index (χ2n) is 5.22. The lowest BCUT2D eigenvalue weighted by Gasteiger charge is -2.15. The predicted octanol–water partition coefficient (Wildman–Crippen LogP) is 4.81. The molecule has 1 atom stereocenters. The van der Waals surface area contributed by atoms with Crippen LogP contribution in [-0.2, 0) is 6.61 Å². The van der Waals surface area contributed by atoms with Crippen molar-refractivity contribution in [2.24, 2.45) is 5.73 Å². The van der Waals surface area contributed by atoms with E-state index in [-0.39, 0.29) is 18.4 Å². The Morgan fingerprint density at radius 1 is 1.00 bits per heavy atom. The van der Waals surface area contributed by atoms with Crippen molar-refractivity contribution < 1.29 is 9.47 Å². The van der Waals surface area contributed by atoms with Crippen molar-refractivity contribution in [2.75, 3.05) is 7.11 Å². The number of hydrogen-bond acceptors (Lipinski definition) is 4. The molecule has 3 rings (SSSR count). The van der Waals surface area contributed by atoms with Crippen LogP contribution in [0.2, 0.25) is 0 Å². The number of hydrogen-bond donors (Lipinski definition) is 1. The molecule has 1 heterocycles. The maximum atomic E-state index is 6.31. The summed E-state index contributed by atoms with van der Waals surface area (Å²) in [4.78, 5) is 0. The summed E-state index contributed by atoms with van der Waals surface area (Å²) in [6, 6.07) is 17.8. The first kappa shape index (κ1) is 18.3. The lowest BCUT2D eigenvalue weighted by molar-refractivity contribution is 0.284. The Morgan fingerprint density at radius 2 is 1.79 bits per heavy atom. The number of nitrogens with two attached hydrogens (primary N) is 1. The molecule has 0 fully saturated rings. The molecule has 0 spiro atoms. The molecule has 0 aliphatic rings. The smallest absolute Gasteiger partial charge is 0.161 e. The zero-order valence-electron chi connectivity index (χ0n) is 13.3. The molecule has 126 valence electrons. The minimum Gasteiger partial charge on any atom is -0.493 e. The minimum atomic E-state index is -0.154. The van der Waals surface area contributed by atoms with Gasteiger partial charge in [-0.3, -0.25) is 0 Å². The van der Waals surface area contributed by atoms with E-state index < -0.39 is 0 Å². The molecule has 3 nitrogen and oxygen atoms in total. The third-order valence-electron chi connectivity index (χ3n) is 3.69. The van der Waals surface area contributed by atoms with Gasteiger partial charge in [-0.15, -0.1) is 12.4 Å². The van der Waals surface area contributed by atoms with E-state index in [1.54, 1.807) is 18.4 Å². The highest BCUT2D eigenvalue weighted by Crippen LogP contribution is 2.32. The molecule has 0 bridgehead atoms. The Morgan fingerprint density at radius 3 is 2.46 bits per heavy atom. The van der Waals surface area contributed by atoms with Gasteiger partial charge in [-0.05, 0) is 45.6 Å². The Labute approximate surface area is 152 Å². The molecule has 24 heavy (non-hydrogen) atoms. The normalized spacial score (nSPS) is 11.4. The zero-order valence-corrected chi connectivity index (χ0v) is 15.0. The average Bonchev–Trinajstić information content (AvgIpc) is 3.14. The molecule has 0 unspecified atom stereocenters. The van der Waals surface area contributed by atoms with Crippen LogP contribution < -0.4 is 15.2 Å². The molecule has 0 radical (unpaired) electrons. The summed E-state index contributed by atoms with van der Waals surface area (Å²) in [7, 11) is 1.64. The van der Waals surface area contributed by atoms with Crippen LogP contribution in [0.4, 0.5) is 0 Å². The number of thiophene rings is 1. The van der Waals surface area contributed by atoms with Crippen molar-refractivity contribution in [1.82, 2.24) is 0 Å². The van der Waals surface area contributed by atoms with Gasteiger partial charge in [0.25, 0.3) is 0 Å². The van der Waals surface area contributed by atoms with E-state index in [0.29, 0.717) is 12.4 Å². The van der Waals surface area contributed by atoms with Crippen LogP contribution in [0.15, 0.2) is 65.4 Å². The molecule has 1 aromatic heterocycles. The Bertz CT molecular complexity index is 747. The van der Waals surface area contributed by atoms with Crippen LogP contribution in [0.5, 0.6) is 11.5 Å². The van der Waals surface area contributed by atoms with Crippen molar-refractivity contribution in [3.8, 4) is 11.5 Å². The van der Waals surface area contributed by atoms with Gasteiger partial charge in [0, 0.05) is 0 Å². The van der Waals surface area contributed by atoms with E-state index >= 15 is 0 Å². The van der Waals surface area contributed by atoms with Crippen molar-refractivity contribution in [3.63, 3.8) is 0 Å². The van der Waals surface area contributed by atoms with Gasteiger partial charge in [-0.1, -0.05) is 36.4 Å². The molecule has 2 N–H and O–H groups in total. The Balaban J connectivity index is 0.00000208. The molecule has 0 saturated carbocycles. The van der Waals surface area contributed by atoms with Gasteiger partial charge in [-0.2, -0.15) is 11.3 Å². The summed E-state index contributed by atoms with van der Waals surface area (Å²) in [6.07, 6.45) is 0. The van der Waals surface area contributed by atoms with Gasteiger partial charge in [0.2, 0.25) is 0 Å². The maximum absolute atomic E-state index is 6.31. The Kier molecular flexibility index (Phi) is 6.67. The molecule has 0 saturated heterocycles. The number of ether oxygens (including phenoxy) is 2. The lowest BCUT2D eigenvalue weighted by Crippen LogP contribution is -2.11. The van der Waals surface area contributed by atoms with Gasteiger partial charge in [0.1, 0.15) is 6.61 Å². The number of methoxy groups -OCH3 is 1. The summed E-state index contributed by atoms with van der Waals surface area (Å²) in [5.41, 5.74) is 9.54. The summed E-state index contributed by atoms with van der Waals surface area (Å²) in [5.74, 6) is 1.42. The fraction of sp³-hybridized carbons (Fsp3) is 0.158. The summed E-state index contributed by atoms with van der Waals surface area (Å²) in [5, 5.41) is 4.10. The number of rotatable bonds is 6. The van der Waals surface area contributed by atoms with Crippen LogP contribution in [-0.4, -0.2) is 7.11 Å². The molecule has 0 aliphatic heterocycles. The molecule has 2 aromatic carbocycles. The van der Waals surface area contributed by atoms with Gasteiger partial charge in [0.15, 0.2) is 11.5 Å². The molecular formula is C19H20ClNO2S. The first-order chi connectivity index (χ1) is 11.3. The third kappa shape index (κ3) is 4.29. The Hall–Kier alpha value is -2.01. The van der Waals surface area contributed by atoms with Gasteiger partial charge in [0.05, 0.1) is 13.2 Å². The molecular weight excluding hydrogens is 342 g/mol. The van der Waals surface area contributed by atoms with Gasteiger partial charge in [-0.25, -0.2) is 0 Å². The summed E-state index contributed by atoms with van der Waals surface area (Å²) < 4.78 is 11.3. The van der Waals surface area contributed by atoms with Crippen LogP contribution in [0.3, 0.4) is 0 Å². The fourth-order valence-electron chi connectivity index (χ4n) is 2.38. The van der Waals surface area contributed by atoms with Crippen molar-refractivity contribution >= 4 is 23.7 Å². The fourth-order valence-corrected chi connectivity index (χ4v) is 3.07. The van der Waals surface area contributed by atoms with Crippen molar-refractivity contribution in [1.29, 1.82) is 0 Å². The molecule has 3 aromatic rings. The third-order valence-corrected chi connectivity index (χ3v) is 4.39. The van der Waals surface area contributed by atoms with Crippen LogP contribution >= 0.6 is 23.7 Å². The van der Waals surface area contributed by atoms with Crippen molar-refractivity contribution in [2.45, 2.75) is 12.6 Å². The number of benzene rings is 2. The van der Waals surface area contributed by atoms with E-state index in [1.807, 2.05) is 60.0 Å². The summed E-state index contributed by atoms with van der Waals surface area (Å²) >= 11 is 1.65. The van der Waals surface area contributed by atoms with Gasteiger partial charge >= 0.3 is 0 Å². The quantitative estimate of drug-likeness (QED) is 0.685. The molecule has 0 amide bonds. The van der Waals surface area contributed by atoms with E-state index in [2.05, 4.69) is 5.38 Å². The SMILES string of the molecule is COc1cc([C@@H](N)c2ccsc2)ccc1OCc1ccccc1.Cl. The zero-order chi connectivity index (χ0) is 16.1. The first-order valence-corrected chi connectivity index (χ1v) is 8.34. The van der Waals surface area contributed by atoms with E-state index in [4.69, 9.17) is 15.2 Å². The van der Waals surface area contributed by atoms with Gasteiger partial charge < -0.3 is 15.2 Å². The maximum Gasteiger partial charge on any atom is 0.161 e. The highest BCUT2D eigenvalue weighted by Gasteiger charge is 2.13. The molecule has 5 heteroatoms. The van der Waals surface area contributed by atoms with E-state index in [1.165, 1.54) is 0 Å². The molecule has 0 aliphatic carbocycles. The first-order valence-electron chi connectivity index (χ1n) is 7.40. The van der Waals surface area contributed by atoms with E-state index in [9.17, 15) is 0 Å². The highest BCUT2D eigenvalue weighted by molar-refractivity contribution is 7.08. The summed E-state index contributed by atoms with van der Waals surface area (Å²) in [6.45, 7) is 0.507. The topological polar surface area (TPSA) is 44.5 Å². The average molecular weight is 362 g/mol. The van der Waals surface area contributed by atoms with E-state index in [0.717, 1.165) is 22.4 Å². The van der Waals surface area contributed by atoms with Crippen LogP contribution in [0, 0.1) is 0 Å².